The Kier molecular flexibility index (Phi) is 5.46. The standard InChI is InChI=1S/C24H21ClN2O3/c1-14-4-8-21(16(3)10-14)29-13-23(28)26-17-6-7-19(25)18(12-17)24-27-20-11-15(2)5-9-22(20)30-24/h4-12H,13H2,1-3H3,(H,26,28). The Morgan fingerprint density at radius 1 is 1.03 bits per heavy atom. The van der Waals surface area contributed by atoms with Gasteiger partial charge >= 0.3 is 0 Å². The zero-order chi connectivity index (χ0) is 21.3. The Bertz CT molecular complexity index is 1250. The molecule has 6 heteroatoms. The first-order valence-corrected chi connectivity index (χ1v) is 9.94. The molecule has 1 N–H and O–H groups in total. The topological polar surface area (TPSA) is 64.4 Å². The summed E-state index contributed by atoms with van der Waals surface area (Å²) in [6, 6.07) is 16.8. The van der Waals surface area contributed by atoms with Crippen LogP contribution in [0.2, 0.25) is 5.02 Å². The third kappa shape index (κ3) is 4.31. The lowest BCUT2D eigenvalue weighted by atomic mass is 10.1. The van der Waals surface area contributed by atoms with Gasteiger partial charge in [0.15, 0.2) is 12.2 Å². The lowest BCUT2D eigenvalue weighted by molar-refractivity contribution is -0.118. The molecule has 4 aromatic rings. The number of aromatic nitrogens is 1. The van der Waals surface area contributed by atoms with Crippen molar-refractivity contribution < 1.29 is 13.9 Å². The maximum absolute atomic E-state index is 12.4. The fourth-order valence-corrected chi connectivity index (χ4v) is 3.42. The molecule has 0 aliphatic rings. The third-order valence-corrected chi connectivity index (χ3v) is 5.04. The Morgan fingerprint density at radius 2 is 1.80 bits per heavy atom. The second-order valence-electron chi connectivity index (χ2n) is 7.29. The number of carbonyl (C=O) groups excluding carboxylic acids is 1. The number of amides is 1. The van der Waals surface area contributed by atoms with Gasteiger partial charge in [-0.15, -0.1) is 0 Å². The summed E-state index contributed by atoms with van der Waals surface area (Å²) in [6.07, 6.45) is 0. The molecule has 0 unspecified atom stereocenters. The van der Waals surface area contributed by atoms with Gasteiger partial charge in [0.1, 0.15) is 11.3 Å². The van der Waals surface area contributed by atoms with E-state index in [0.29, 0.717) is 33.5 Å². The minimum Gasteiger partial charge on any atom is -0.483 e. The van der Waals surface area contributed by atoms with Gasteiger partial charge in [0, 0.05) is 5.69 Å². The smallest absolute Gasteiger partial charge is 0.262 e. The minimum atomic E-state index is -0.267. The number of anilines is 1. The Balaban J connectivity index is 1.50. The van der Waals surface area contributed by atoms with Crippen molar-refractivity contribution in [3.63, 3.8) is 0 Å². The van der Waals surface area contributed by atoms with Crippen molar-refractivity contribution in [3.05, 3.63) is 76.3 Å². The van der Waals surface area contributed by atoms with Gasteiger partial charge in [-0.3, -0.25) is 4.79 Å². The van der Waals surface area contributed by atoms with Crippen LogP contribution in [0.15, 0.2) is 59.0 Å². The number of nitrogens with one attached hydrogen (secondary N) is 1. The molecule has 0 saturated carbocycles. The van der Waals surface area contributed by atoms with E-state index in [-0.39, 0.29) is 12.5 Å². The number of rotatable bonds is 5. The van der Waals surface area contributed by atoms with Crippen LogP contribution in [0, 0.1) is 20.8 Å². The molecule has 152 valence electrons. The Hall–Kier alpha value is -3.31. The van der Waals surface area contributed by atoms with E-state index in [0.717, 1.165) is 22.2 Å². The summed E-state index contributed by atoms with van der Waals surface area (Å²) in [4.78, 5) is 16.9. The van der Waals surface area contributed by atoms with E-state index < -0.39 is 0 Å². The number of benzene rings is 3. The van der Waals surface area contributed by atoms with Crippen LogP contribution in [0.4, 0.5) is 5.69 Å². The summed E-state index contributed by atoms with van der Waals surface area (Å²) in [5.74, 6) is 0.828. The van der Waals surface area contributed by atoms with Gasteiger partial charge in [0.2, 0.25) is 5.89 Å². The van der Waals surface area contributed by atoms with Crippen LogP contribution in [-0.4, -0.2) is 17.5 Å². The largest absolute Gasteiger partial charge is 0.483 e. The summed E-state index contributed by atoms with van der Waals surface area (Å²) >= 11 is 6.36. The van der Waals surface area contributed by atoms with Crippen molar-refractivity contribution in [2.45, 2.75) is 20.8 Å². The molecule has 0 spiro atoms. The predicted octanol–water partition coefficient (Wildman–Crippen LogP) is 6.09. The molecule has 0 bridgehead atoms. The molecule has 0 aliphatic carbocycles. The molecule has 1 aromatic heterocycles. The van der Waals surface area contributed by atoms with Crippen molar-refractivity contribution in [1.82, 2.24) is 4.98 Å². The lowest BCUT2D eigenvalue weighted by Crippen LogP contribution is -2.20. The second-order valence-corrected chi connectivity index (χ2v) is 7.70. The number of nitrogens with zero attached hydrogens (tertiary/aromatic N) is 1. The van der Waals surface area contributed by atoms with Crippen LogP contribution in [0.3, 0.4) is 0 Å². The first-order valence-electron chi connectivity index (χ1n) is 9.56. The quantitative estimate of drug-likeness (QED) is 0.424. The minimum absolute atomic E-state index is 0.0932. The first kappa shape index (κ1) is 20.0. The number of hydrogen-bond donors (Lipinski definition) is 1. The highest BCUT2D eigenvalue weighted by molar-refractivity contribution is 6.33. The highest BCUT2D eigenvalue weighted by atomic mass is 35.5. The average Bonchev–Trinajstić information content (AvgIpc) is 3.11. The molecule has 0 radical (unpaired) electrons. The van der Waals surface area contributed by atoms with Gasteiger partial charge in [-0.1, -0.05) is 35.4 Å². The van der Waals surface area contributed by atoms with Crippen LogP contribution in [-0.2, 0) is 4.79 Å². The van der Waals surface area contributed by atoms with Crippen LogP contribution in [0.5, 0.6) is 5.75 Å². The fraction of sp³-hybridized carbons (Fsp3) is 0.167. The zero-order valence-electron chi connectivity index (χ0n) is 17.0. The van der Waals surface area contributed by atoms with E-state index in [2.05, 4.69) is 10.3 Å². The Labute approximate surface area is 179 Å². The first-order chi connectivity index (χ1) is 14.4. The van der Waals surface area contributed by atoms with Gasteiger partial charge in [-0.05, 0) is 68.3 Å². The van der Waals surface area contributed by atoms with Crippen molar-refractivity contribution in [1.29, 1.82) is 0 Å². The molecule has 3 aromatic carbocycles. The summed E-state index contributed by atoms with van der Waals surface area (Å²) in [5.41, 5.74) is 5.87. The van der Waals surface area contributed by atoms with Crippen LogP contribution >= 0.6 is 11.6 Å². The van der Waals surface area contributed by atoms with E-state index >= 15 is 0 Å². The SMILES string of the molecule is Cc1ccc(OCC(=O)Nc2ccc(Cl)c(-c3nc4cc(C)ccc4o3)c2)c(C)c1. The van der Waals surface area contributed by atoms with E-state index in [1.165, 1.54) is 0 Å². The normalized spacial score (nSPS) is 10.9. The molecular formula is C24H21ClN2O3. The molecule has 30 heavy (non-hydrogen) atoms. The number of fused-ring (bicyclic) bond motifs is 1. The summed E-state index contributed by atoms with van der Waals surface area (Å²) < 4.78 is 11.5. The third-order valence-electron chi connectivity index (χ3n) is 4.71. The maximum atomic E-state index is 12.4. The molecule has 1 amide bonds. The average molecular weight is 421 g/mol. The molecule has 0 fully saturated rings. The number of carbonyl (C=O) groups is 1. The highest BCUT2D eigenvalue weighted by Crippen LogP contribution is 2.32. The van der Waals surface area contributed by atoms with Crippen LogP contribution in [0.1, 0.15) is 16.7 Å². The maximum Gasteiger partial charge on any atom is 0.262 e. The summed E-state index contributed by atoms with van der Waals surface area (Å²) in [5, 5.41) is 3.32. The fourth-order valence-electron chi connectivity index (χ4n) is 3.22. The van der Waals surface area contributed by atoms with E-state index in [9.17, 15) is 4.79 Å². The van der Waals surface area contributed by atoms with Crippen LogP contribution < -0.4 is 10.1 Å². The van der Waals surface area contributed by atoms with Gasteiger partial charge in [-0.25, -0.2) is 4.98 Å². The number of oxazole rings is 1. The van der Waals surface area contributed by atoms with Crippen molar-refractivity contribution in [2.75, 3.05) is 11.9 Å². The van der Waals surface area contributed by atoms with Crippen molar-refractivity contribution in [2.24, 2.45) is 0 Å². The molecule has 0 saturated heterocycles. The number of ether oxygens (including phenoxy) is 1. The molecule has 0 atom stereocenters. The van der Waals surface area contributed by atoms with E-state index in [4.69, 9.17) is 20.8 Å². The van der Waals surface area contributed by atoms with Crippen molar-refractivity contribution >= 4 is 34.3 Å². The van der Waals surface area contributed by atoms with E-state index in [1.54, 1.807) is 18.2 Å². The van der Waals surface area contributed by atoms with Crippen molar-refractivity contribution in [3.8, 4) is 17.2 Å². The molecule has 0 aliphatic heterocycles. The molecule has 1 heterocycles. The van der Waals surface area contributed by atoms with Gasteiger partial charge in [0.25, 0.3) is 5.91 Å². The molecule has 4 rings (SSSR count). The number of halogens is 1. The highest BCUT2D eigenvalue weighted by Gasteiger charge is 2.14. The van der Waals surface area contributed by atoms with E-state index in [1.807, 2.05) is 57.2 Å². The Morgan fingerprint density at radius 3 is 2.60 bits per heavy atom. The molecule has 5 nitrogen and oxygen atoms in total. The monoisotopic (exact) mass is 420 g/mol. The number of aryl methyl sites for hydroxylation is 3. The number of hydrogen-bond acceptors (Lipinski definition) is 4. The predicted molar refractivity (Wildman–Crippen MR) is 119 cm³/mol. The van der Waals surface area contributed by atoms with Crippen LogP contribution in [0.25, 0.3) is 22.6 Å². The summed E-state index contributed by atoms with van der Waals surface area (Å²) in [6.45, 7) is 5.87. The molecular weight excluding hydrogens is 400 g/mol. The summed E-state index contributed by atoms with van der Waals surface area (Å²) in [7, 11) is 0. The second kappa shape index (κ2) is 8.20. The zero-order valence-corrected chi connectivity index (χ0v) is 17.7. The lowest BCUT2D eigenvalue weighted by Gasteiger charge is -2.11. The van der Waals surface area contributed by atoms with Gasteiger partial charge < -0.3 is 14.5 Å². The van der Waals surface area contributed by atoms with Gasteiger partial charge in [0.05, 0.1) is 10.6 Å². The van der Waals surface area contributed by atoms with Gasteiger partial charge in [-0.2, -0.15) is 0 Å².